The fraction of sp³-hybridized carbons (Fsp3) is 0.118. The first-order valence-corrected chi connectivity index (χ1v) is 10.4. The standard InChI is InChI=1S/C17H15ClN4O3S2/c1-10-6-8-12(9-7-10)15(23)19-16-20-21-17(26-16)27(24,25)22-14-5-3-4-13(18)11(14)2/h3-9,22H,1-2H3,(H,19,20,23). The predicted octanol–water partition coefficient (Wildman–Crippen LogP) is 3.86. The van der Waals surface area contributed by atoms with E-state index in [0.29, 0.717) is 21.8 Å². The van der Waals surface area contributed by atoms with Crippen molar-refractivity contribution in [3.63, 3.8) is 0 Å². The second-order valence-corrected chi connectivity index (χ2v) is 8.95. The maximum absolute atomic E-state index is 12.5. The number of hydrogen-bond acceptors (Lipinski definition) is 6. The number of carbonyl (C=O) groups excluding carboxylic acids is 1. The highest BCUT2D eigenvalue weighted by atomic mass is 35.5. The van der Waals surface area contributed by atoms with E-state index in [1.165, 1.54) is 0 Å². The lowest BCUT2D eigenvalue weighted by Gasteiger charge is -2.09. The molecule has 3 rings (SSSR count). The zero-order valence-electron chi connectivity index (χ0n) is 14.4. The first-order valence-electron chi connectivity index (χ1n) is 7.76. The van der Waals surface area contributed by atoms with Gasteiger partial charge in [-0.15, -0.1) is 10.2 Å². The number of nitrogens with one attached hydrogen (secondary N) is 2. The van der Waals surface area contributed by atoms with Crippen LogP contribution in [0.3, 0.4) is 0 Å². The molecule has 0 aliphatic heterocycles. The highest BCUT2D eigenvalue weighted by Gasteiger charge is 2.22. The van der Waals surface area contributed by atoms with Gasteiger partial charge in [0.25, 0.3) is 20.3 Å². The van der Waals surface area contributed by atoms with E-state index in [1.807, 2.05) is 19.1 Å². The van der Waals surface area contributed by atoms with Crippen LogP contribution in [0.5, 0.6) is 0 Å². The highest BCUT2D eigenvalue weighted by Crippen LogP contribution is 2.27. The highest BCUT2D eigenvalue weighted by molar-refractivity contribution is 7.94. The van der Waals surface area contributed by atoms with E-state index in [4.69, 9.17) is 11.6 Å². The molecule has 1 aromatic heterocycles. The minimum absolute atomic E-state index is 0.0868. The van der Waals surface area contributed by atoms with E-state index in [2.05, 4.69) is 20.2 Å². The van der Waals surface area contributed by atoms with Gasteiger partial charge in [-0.2, -0.15) is 8.42 Å². The number of amides is 1. The van der Waals surface area contributed by atoms with E-state index in [1.54, 1.807) is 37.3 Å². The number of benzene rings is 2. The van der Waals surface area contributed by atoms with E-state index < -0.39 is 15.9 Å². The fourth-order valence-corrected chi connectivity index (χ4v) is 4.34. The third-order valence-corrected chi connectivity index (χ3v) is 6.66. The molecule has 0 unspecified atom stereocenters. The van der Waals surface area contributed by atoms with Gasteiger partial charge in [0.15, 0.2) is 0 Å². The van der Waals surface area contributed by atoms with Gasteiger partial charge >= 0.3 is 0 Å². The quantitative estimate of drug-likeness (QED) is 0.608. The van der Waals surface area contributed by atoms with Gasteiger partial charge in [-0.3, -0.25) is 14.8 Å². The fourth-order valence-electron chi connectivity index (χ4n) is 2.15. The third kappa shape index (κ3) is 4.44. The zero-order chi connectivity index (χ0) is 19.6. The van der Waals surface area contributed by atoms with Crippen LogP contribution in [0.4, 0.5) is 10.8 Å². The topological polar surface area (TPSA) is 101 Å². The Morgan fingerprint density at radius 2 is 1.78 bits per heavy atom. The van der Waals surface area contributed by atoms with Crippen LogP contribution in [0.2, 0.25) is 5.02 Å². The number of halogens is 1. The number of nitrogens with zero attached hydrogens (tertiary/aromatic N) is 2. The molecule has 3 aromatic rings. The summed E-state index contributed by atoms with van der Waals surface area (Å²) in [7, 11) is -3.95. The number of rotatable bonds is 5. The molecule has 27 heavy (non-hydrogen) atoms. The van der Waals surface area contributed by atoms with E-state index in [0.717, 1.165) is 16.9 Å². The van der Waals surface area contributed by atoms with Gasteiger partial charge in [0.1, 0.15) is 0 Å². The Morgan fingerprint density at radius 1 is 1.07 bits per heavy atom. The van der Waals surface area contributed by atoms with Crippen molar-refractivity contribution in [3.8, 4) is 0 Å². The number of sulfonamides is 1. The van der Waals surface area contributed by atoms with Gasteiger partial charge in [0.2, 0.25) is 5.13 Å². The lowest BCUT2D eigenvalue weighted by molar-refractivity contribution is 0.102. The number of aromatic nitrogens is 2. The summed E-state index contributed by atoms with van der Waals surface area (Å²) in [5.41, 5.74) is 2.41. The Morgan fingerprint density at radius 3 is 2.48 bits per heavy atom. The van der Waals surface area contributed by atoms with E-state index in [-0.39, 0.29) is 9.47 Å². The van der Waals surface area contributed by atoms with Crippen LogP contribution in [0, 0.1) is 13.8 Å². The smallest absolute Gasteiger partial charge is 0.291 e. The summed E-state index contributed by atoms with van der Waals surface area (Å²) >= 11 is 6.77. The van der Waals surface area contributed by atoms with Crippen LogP contribution in [-0.4, -0.2) is 24.5 Å². The van der Waals surface area contributed by atoms with Crippen molar-refractivity contribution in [1.29, 1.82) is 0 Å². The Bertz CT molecular complexity index is 1100. The molecule has 140 valence electrons. The molecular weight excluding hydrogens is 408 g/mol. The molecule has 1 amide bonds. The largest absolute Gasteiger partial charge is 0.296 e. The van der Waals surface area contributed by atoms with Crippen molar-refractivity contribution < 1.29 is 13.2 Å². The van der Waals surface area contributed by atoms with Crippen LogP contribution in [0.25, 0.3) is 0 Å². The molecule has 1 heterocycles. The molecule has 0 atom stereocenters. The van der Waals surface area contributed by atoms with Gasteiger partial charge in [-0.1, -0.05) is 46.7 Å². The first-order chi connectivity index (χ1) is 12.8. The number of aryl methyl sites for hydroxylation is 1. The Hall–Kier alpha value is -2.49. The molecule has 0 aliphatic rings. The van der Waals surface area contributed by atoms with Crippen LogP contribution in [-0.2, 0) is 10.0 Å². The molecule has 0 bridgehead atoms. The Labute approximate surface area is 165 Å². The second-order valence-electron chi connectivity index (χ2n) is 5.71. The SMILES string of the molecule is Cc1ccc(C(=O)Nc2nnc(S(=O)(=O)Nc3cccc(Cl)c3C)s2)cc1. The average Bonchev–Trinajstić information content (AvgIpc) is 3.09. The molecule has 2 N–H and O–H groups in total. The maximum Gasteiger partial charge on any atom is 0.291 e. The average molecular weight is 423 g/mol. The lowest BCUT2D eigenvalue weighted by Crippen LogP contribution is -2.13. The molecular formula is C17H15ClN4O3S2. The van der Waals surface area contributed by atoms with Gasteiger partial charge in [-0.05, 0) is 43.7 Å². The molecule has 0 saturated heterocycles. The molecule has 0 aliphatic carbocycles. The molecule has 0 radical (unpaired) electrons. The Balaban J connectivity index is 1.77. The first kappa shape index (κ1) is 19.3. The van der Waals surface area contributed by atoms with E-state index >= 15 is 0 Å². The Kier molecular flexibility index (Phi) is 5.45. The summed E-state index contributed by atoms with van der Waals surface area (Å²) in [4.78, 5) is 12.2. The monoisotopic (exact) mass is 422 g/mol. The van der Waals surface area contributed by atoms with Crippen LogP contribution in [0.15, 0.2) is 46.8 Å². The summed E-state index contributed by atoms with van der Waals surface area (Å²) in [6, 6.07) is 11.9. The van der Waals surface area contributed by atoms with Crippen LogP contribution in [0.1, 0.15) is 21.5 Å². The van der Waals surface area contributed by atoms with Gasteiger partial charge in [0, 0.05) is 10.6 Å². The number of hydrogen-bond donors (Lipinski definition) is 2. The van der Waals surface area contributed by atoms with Crippen molar-refractivity contribution in [2.45, 2.75) is 18.2 Å². The van der Waals surface area contributed by atoms with Crippen molar-refractivity contribution in [1.82, 2.24) is 10.2 Å². The van der Waals surface area contributed by atoms with Crippen molar-refractivity contribution >= 4 is 49.7 Å². The minimum atomic E-state index is -3.95. The van der Waals surface area contributed by atoms with Gasteiger partial charge in [0.05, 0.1) is 5.69 Å². The number of carbonyl (C=O) groups is 1. The summed E-state index contributed by atoms with van der Waals surface area (Å²) in [5.74, 6) is -0.395. The second kappa shape index (κ2) is 7.63. The molecule has 0 spiro atoms. The molecule has 0 fully saturated rings. The normalized spacial score (nSPS) is 11.2. The molecule has 7 nitrogen and oxygen atoms in total. The van der Waals surface area contributed by atoms with Gasteiger partial charge in [-0.25, -0.2) is 0 Å². The van der Waals surface area contributed by atoms with E-state index in [9.17, 15) is 13.2 Å². The third-order valence-electron chi connectivity index (χ3n) is 3.68. The van der Waals surface area contributed by atoms with Crippen molar-refractivity contribution in [2.75, 3.05) is 10.0 Å². The van der Waals surface area contributed by atoms with Crippen LogP contribution >= 0.6 is 22.9 Å². The number of anilines is 2. The summed E-state index contributed by atoms with van der Waals surface area (Å²) in [5, 5.41) is 10.5. The summed E-state index contributed by atoms with van der Waals surface area (Å²) in [6.45, 7) is 3.62. The summed E-state index contributed by atoms with van der Waals surface area (Å²) in [6.07, 6.45) is 0. The van der Waals surface area contributed by atoms with Gasteiger partial charge < -0.3 is 0 Å². The lowest BCUT2D eigenvalue weighted by atomic mass is 10.1. The minimum Gasteiger partial charge on any atom is -0.296 e. The molecule has 2 aromatic carbocycles. The van der Waals surface area contributed by atoms with Crippen LogP contribution < -0.4 is 10.0 Å². The zero-order valence-corrected chi connectivity index (χ0v) is 16.7. The maximum atomic E-state index is 12.5. The summed E-state index contributed by atoms with van der Waals surface area (Å²) < 4.78 is 27.2. The predicted molar refractivity (Wildman–Crippen MR) is 106 cm³/mol. The van der Waals surface area contributed by atoms with Crippen molar-refractivity contribution in [2.24, 2.45) is 0 Å². The van der Waals surface area contributed by atoms with Crippen molar-refractivity contribution in [3.05, 3.63) is 64.2 Å². The molecule has 10 heteroatoms. The molecule has 0 saturated carbocycles.